The van der Waals surface area contributed by atoms with Crippen molar-refractivity contribution in [2.45, 2.75) is 27.7 Å². The first-order valence-corrected chi connectivity index (χ1v) is 10.5. The summed E-state index contributed by atoms with van der Waals surface area (Å²) in [4.78, 5) is 24.7. The van der Waals surface area contributed by atoms with Crippen LogP contribution in [0.1, 0.15) is 36.7 Å². The van der Waals surface area contributed by atoms with Gasteiger partial charge in [0.25, 0.3) is 5.91 Å². The fourth-order valence-corrected chi connectivity index (χ4v) is 3.15. The van der Waals surface area contributed by atoms with Gasteiger partial charge in [-0.1, -0.05) is 15.9 Å². The summed E-state index contributed by atoms with van der Waals surface area (Å²) < 4.78 is 22.9. The van der Waals surface area contributed by atoms with Crippen LogP contribution in [0.4, 0.5) is 5.69 Å². The molecule has 0 atom stereocenters. The van der Waals surface area contributed by atoms with Crippen LogP contribution in [0.3, 0.4) is 0 Å². The first-order valence-electron chi connectivity index (χ1n) is 9.69. The van der Waals surface area contributed by atoms with E-state index in [1.807, 2.05) is 39.8 Å². The molecule has 2 aromatic rings. The normalized spacial score (nSPS) is 10.3. The van der Waals surface area contributed by atoms with E-state index in [-0.39, 0.29) is 5.56 Å². The van der Waals surface area contributed by atoms with Gasteiger partial charge in [0.2, 0.25) is 5.75 Å². The van der Waals surface area contributed by atoms with E-state index < -0.39 is 18.5 Å². The van der Waals surface area contributed by atoms with Gasteiger partial charge in [-0.05, 0) is 63.6 Å². The first-order chi connectivity index (χ1) is 14.4. The summed E-state index contributed by atoms with van der Waals surface area (Å²) in [6.45, 7) is 8.15. The number of ether oxygens (including phenoxy) is 4. The Hall–Kier alpha value is -2.74. The predicted octanol–water partition coefficient (Wildman–Crippen LogP) is 4.75. The van der Waals surface area contributed by atoms with Crippen LogP contribution in [-0.4, -0.2) is 38.3 Å². The Kier molecular flexibility index (Phi) is 8.98. The van der Waals surface area contributed by atoms with Crippen molar-refractivity contribution in [1.82, 2.24) is 0 Å². The zero-order chi connectivity index (χ0) is 22.1. The van der Waals surface area contributed by atoms with Crippen molar-refractivity contribution in [3.8, 4) is 17.2 Å². The van der Waals surface area contributed by atoms with Gasteiger partial charge in [-0.15, -0.1) is 0 Å². The quantitative estimate of drug-likeness (QED) is 0.495. The van der Waals surface area contributed by atoms with Crippen LogP contribution in [0, 0.1) is 6.92 Å². The lowest BCUT2D eigenvalue weighted by Crippen LogP contribution is -2.21. The minimum atomic E-state index is -0.664. The Labute approximate surface area is 184 Å². The molecule has 7 nitrogen and oxygen atoms in total. The molecule has 2 aromatic carbocycles. The number of benzene rings is 2. The number of carbonyl (C=O) groups is 2. The molecule has 30 heavy (non-hydrogen) atoms. The van der Waals surface area contributed by atoms with E-state index in [1.54, 1.807) is 6.07 Å². The van der Waals surface area contributed by atoms with Gasteiger partial charge < -0.3 is 24.3 Å². The average molecular weight is 480 g/mol. The van der Waals surface area contributed by atoms with Crippen LogP contribution in [0.5, 0.6) is 17.2 Å². The molecule has 0 heterocycles. The molecule has 0 aliphatic rings. The van der Waals surface area contributed by atoms with Crippen molar-refractivity contribution in [3.05, 3.63) is 45.9 Å². The number of anilines is 1. The summed E-state index contributed by atoms with van der Waals surface area (Å²) in [5.74, 6) is 0.0954. The van der Waals surface area contributed by atoms with Crippen LogP contribution in [0.15, 0.2) is 34.8 Å². The number of nitrogens with one attached hydrogen (secondary N) is 1. The summed E-state index contributed by atoms with van der Waals surface area (Å²) in [6, 6.07) is 8.52. The molecule has 0 aromatic heterocycles. The van der Waals surface area contributed by atoms with Gasteiger partial charge in [0, 0.05) is 10.2 Å². The Morgan fingerprint density at radius 1 is 0.933 bits per heavy atom. The van der Waals surface area contributed by atoms with Crippen LogP contribution in [-0.2, 0) is 9.53 Å². The molecule has 0 aliphatic heterocycles. The zero-order valence-corrected chi connectivity index (χ0v) is 19.1. The van der Waals surface area contributed by atoms with Crippen LogP contribution < -0.4 is 19.5 Å². The highest BCUT2D eigenvalue weighted by Gasteiger charge is 2.20. The third-order valence-electron chi connectivity index (χ3n) is 3.94. The van der Waals surface area contributed by atoms with Gasteiger partial charge in [0.15, 0.2) is 18.1 Å². The molecule has 0 radical (unpaired) electrons. The lowest BCUT2D eigenvalue weighted by atomic mass is 10.2. The molecular weight excluding hydrogens is 454 g/mol. The van der Waals surface area contributed by atoms with Crippen LogP contribution >= 0.6 is 15.9 Å². The van der Waals surface area contributed by atoms with Crippen LogP contribution in [0.25, 0.3) is 0 Å². The van der Waals surface area contributed by atoms with Crippen molar-refractivity contribution in [2.24, 2.45) is 0 Å². The van der Waals surface area contributed by atoms with Crippen molar-refractivity contribution >= 4 is 33.5 Å². The van der Waals surface area contributed by atoms with Gasteiger partial charge in [0.1, 0.15) is 0 Å². The second kappa shape index (κ2) is 11.4. The zero-order valence-electron chi connectivity index (χ0n) is 17.5. The molecule has 162 valence electrons. The molecule has 0 saturated carbocycles. The minimum absolute atomic E-state index is 0.206. The van der Waals surface area contributed by atoms with Crippen molar-refractivity contribution in [1.29, 1.82) is 0 Å². The van der Waals surface area contributed by atoms with Gasteiger partial charge in [-0.2, -0.15) is 0 Å². The highest BCUT2D eigenvalue weighted by Crippen LogP contribution is 2.39. The number of esters is 1. The number of hydrogen-bond donors (Lipinski definition) is 1. The lowest BCUT2D eigenvalue weighted by molar-refractivity contribution is -0.119. The Morgan fingerprint density at radius 2 is 1.53 bits per heavy atom. The molecule has 0 saturated heterocycles. The first kappa shape index (κ1) is 23.5. The third-order valence-corrected chi connectivity index (χ3v) is 4.43. The van der Waals surface area contributed by atoms with E-state index >= 15 is 0 Å². The maximum Gasteiger partial charge on any atom is 0.338 e. The van der Waals surface area contributed by atoms with E-state index in [9.17, 15) is 9.59 Å². The second-order valence-electron chi connectivity index (χ2n) is 6.18. The van der Waals surface area contributed by atoms with E-state index in [2.05, 4.69) is 21.2 Å². The number of carbonyl (C=O) groups excluding carboxylic acids is 2. The Morgan fingerprint density at radius 3 is 2.07 bits per heavy atom. The van der Waals surface area contributed by atoms with E-state index in [0.717, 1.165) is 10.0 Å². The van der Waals surface area contributed by atoms with Crippen molar-refractivity contribution in [3.63, 3.8) is 0 Å². The number of hydrogen-bond acceptors (Lipinski definition) is 6. The maximum absolute atomic E-state index is 12.5. The fourth-order valence-electron chi connectivity index (χ4n) is 2.67. The Balaban J connectivity index is 2.12. The SMILES string of the molecule is CCOc1cc(C(=O)OCC(=O)Nc2ccc(Br)cc2C)cc(OCC)c1OCC. The average Bonchev–Trinajstić information content (AvgIpc) is 2.71. The molecular formula is C22H26BrNO6. The molecule has 0 spiro atoms. The molecule has 1 N–H and O–H groups in total. The maximum atomic E-state index is 12.5. The smallest absolute Gasteiger partial charge is 0.338 e. The largest absolute Gasteiger partial charge is 0.490 e. The molecule has 0 unspecified atom stereocenters. The van der Waals surface area contributed by atoms with Gasteiger partial charge in [0.05, 0.1) is 25.4 Å². The summed E-state index contributed by atoms with van der Waals surface area (Å²) >= 11 is 3.38. The number of aryl methyl sites for hydroxylation is 1. The molecule has 0 bridgehead atoms. The topological polar surface area (TPSA) is 83.1 Å². The van der Waals surface area contributed by atoms with E-state index in [0.29, 0.717) is 42.8 Å². The highest BCUT2D eigenvalue weighted by molar-refractivity contribution is 9.10. The standard InChI is InChI=1S/C22H26BrNO6/c1-5-27-18-11-15(12-19(28-6-2)21(18)29-7-3)22(26)30-13-20(25)24-17-9-8-16(23)10-14(17)4/h8-12H,5-7,13H2,1-4H3,(H,24,25). The molecule has 1 amide bonds. The monoisotopic (exact) mass is 479 g/mol. The third kappa shape index (κ3) is 6.38. The minimum Gasteiger partial charge on any atom is -0.490 e. The summed E-state index contributed by atoms with van der Waals surface area (Å²) in [5, 5.41) is 2.73. The van der Waals surface area contributed by atoms with Gasteiger partial charge in [-0.3, -0.25) is 4.79 Å². The van der Waals surface area contributed by atoms with Crippen molar-refractivity contribution < 1.29 is 28.5 Å². The van der Waals surface area contributed by atoms with Crippen LogP contribution in [0.2, 0.25) is 0 Å². The number of halogens is 1. The molecule has 2 rings (SSSR count). The fraction of sp³-hybridized carbons (Fsp3) is 0.364. The molecule has 8 heteroatoms. The molecule has 0 fully saturated rings. The number of rotatable bonds is 10. The van der Waals surface area contributed by atoms with Gasteiger partial charge in [-0.25, -0.2) is 4.79 Å². The summed E-state index contributed by atoms with van der Waals surface area (Å²) in [5.41, 5.74) is 1.74. The second-order valence-corrected chi connectivity index (χ2v) is 7.10. The van der Waals surface area contributed by atoms with Gasteiger partial charge >= 0.3 is 5.97 Å². The highest BCUT2D eigenvalue weighted by atomic mass is 79.9. The molecule has 0 aliphatic carbocycles. The van der Waals surface area contributed by atoms with E-state index in [4.69, 9.17) is 18.9 Å². The number of amides is 1. The lowest BCUT2D eigenvalue weighted by Gasteiger charge is -2.17. The van der Waals surface area contributed by atoms with Crippen molar-refractivity contribution in [2.75, 3.05) is 31.7 Å². The summed E-state index contributed by atoms with van der Waals surface area (Å²) in [6.07, 6.45) is 0. The van der Waals surface area contributed by atoms with E-state index in [1.165, 1.54) is 12.1 Å². The summed E-state index contributed by atoms with van der Waals surface area (Å²) in [7, 11) is 0. The predicted molar refractivity (Wildman–Crippen MR) is 118 cm³/mol. The Bertz CT molecular complexity index is 872.